The molecule has 0 aromatic heterocycles. The highest BCUT2D eigenvalue weighted by molar-refractivity contribution is 5.22. The minimum absolute atomic E-state index is 0.0566. The molecule has 1 atom stereocenters. The number of nitrogens with one attached hydrogen (secondary N) is 1. The van der Waals surface area contributed by atoms with Crippen LogP contribution < -0.4 is 5.32 Å². The summed E-state index contributed by atoms with van der Waals surface area (Å²) >= 11 is 0. The number of alkyl halides is 3. The van der Waals surface area contributed by atoms with Gasteiger partial charge in [0, 0.05) is 11.6 Å². The second-order valence-electron chi connectivity index (χ2n) is 3.64. The number of hydrogen-bond donors (Lipinski definition) is 1. The van der Waals surface area contributed by atoms with Crippen molar-refractivity contribution in [3.63, 3.8) is 0 Å². The summed E-state index contributed by atoms with van der Waals surface area (Å²) in [7, 11) is 1.45. The Morgan fingerprint density at radius 2 is 1.94 bits per heavy atom. The summed E-state index contributed by atoms with van der Waals surface area (Å²) in [5.41, 5.74) is 0.0566. The van der Waals surface area contributed by atoms with E-state index in [4.69, 9.17) is 0 Å². The molecule has 18 heavy (non-hydrogen) atoms. The maximum atomic E-state index is 13.4. The molecule has 0 fully saturated rings. The normalized spacial score (nSPS) is 13.7. The lowest BCUT2D eigenvalue weighted by atomic mass is 10.1. The molecule has 1 aromatic rings. The summed E-state index contributed by atoms with van der Waals surface area (Å²) in [6, 6.07) is 2.10. The van der Waals surface area contributed by atoms with Crippen molar-refractivity contribution in [2.45, 2.75) is 12.2 Å². The quantitative estimate of drug-likeness (QED) is 0.830. The van der Waals surface area contributed by atoms with Gasteiger partial charge in [0.2, 0.25) is 0 Å². The van der Waals surface area contributed by atoms with E-state index in [-0.39, 0.29) is 12.2 Å². The summed E-state index contributed by atoms with van der Waals surface area (Å²) < 4.78 is 66.1. The zero-order valence-corrected chi connectivity index (χ0v) is 9.52. The Hall–Kier alpha value is -1.21. The zero-order valence-electron chi connectivity index (χ0n) is 9.52. The predicted molar refractivity (Wildman–Crippen MR) is 55.0 cm³/mol. The average Bonchev–Trinajstić information content (AvgIpc) is 2.24. The highest BCUT2D eigenvalue weighted by atomic mass is 19.4. The molecule has 0 aliphatic heterocycles. The van der Waals surface area contributed by atoms with Crippen LogP contribution in [0.3, 0.4) is 0 Å². The first-order chi connectivity index (χ1) is 8.33. The molecule has 0 bridgehead atoms. The van der Waals surface area contributed by atoms with Gasteiger partial charge >= 0.3 is 6.18 Å². The van der Waals surface area contributed by atoms with Crippen LogP contribution in [0.5, 0.6) is 0 Å². The highest BCUT2D eigenvalue weighted by Crippen LogP contribution is 2.20. The Kier molecular flexibility index (Phi) is 5.03. The van der Waals surface area contributed by atoms with E-state index in [1.807, 2.05) is 0 Å². The Labute approximate surface area is 101 Å². The van der Waals surface area contributed by atoms with Crippen molar-refractivity contribution in [3.05, 3.63) is 35.4 Å². The SMILES string of the molecule is CNC(COCC(F)(F)F)c1ccc(F)cc1F. The fourth-order valence-corrected chi connectivity index (χ4v) is 1.41. The molecule has 102 valence electrons. The average molecular weight is 269 g/mol. The van der Waals surface area contributed by atoms with Crippen molar-refractivity contribution in [2.75, 3.05) is 20.3 Å². The molecule has 0 amide bonds. The second-order valence-corrected chi connectivity index (χ2v) is 3.64. The smallest absolute Gasteiger partial charge is 0.370 e. The van der Waals surface area contributed by atoms with E-state index >= 15 is 0 Å². The lowest BCUT2D eigenvalue weighted by molar-refractivity contribution is -0.175. The minimum Gasteiger partial charge on any atom is -0.370 e. The van der Waals surface area contributed by atoms with Crippen molar-refractivity contribution in [3.8, 4) is 0 Å². The lowest BCUT2D eigenvalue weighted by Gasteiger charge is -2.18. The first-order valence-electron chi connectivity index (χ1n) is 5.10. The van der Waals surface area contributed by atoms with E-state index in [9.17, 15) is 22.0 Å². The van der Waals surface area contributed by atoms with Gasteiger partial charge < -0.3 is 10.1 Å². The van der Waals surface area contributed by atoms with Gasteiger partial charge in [-0.25, -0.2) is 8.78 Å². The summed E-state index contributed by atoms with van der Waals surface area (Å²) in [6.07, 6.45) is -4.43. The zero-order chi connectivity index (χ0) is 13.8. The van der Waals surface area contributed by atoms with Gasteiger partial charge in [-0.2, -0.15) is 13.2 Å². The van der Waals surface area contributed by atoms with Crippen molar-refractivity contribution >= 4 is 0 Å². The molecule has 0 radical (unpaired) electrons. The molecule has 1 unspecified atom stereocenters. The Morgan fingerprint density at radius 1 is 1.28 bits per heavy atom. The van der Waals surface area contributed by atoms with Crippen LogP contribution in [-0.2, 0) is 4.74 Å². The fraction of sp³-hybridized carbons (Fsp3) is 0.455. The Balaban J connectivity index is 2.66. The molecule has 7 heteroatoms. The van der Waals surface area contributed by atoms with Crippen LogP contribution in [0.2, 0.25) is 0 Å². The van der Waals surface area contributed by atoms with Gasteiger partial charge in [-0.15, -0.1) is 0 Å². The molecular weight excluding hydrogens is 257 g/mol. The van der Waals surface area contributed by atoms with Crippen LogP contribution in [0.15, 0.2) is 18.2 Å². The topological polar surface area (TPSA) is 21.3 Å². The van der Waals surface area contributed by atoms with E-state index in [0.29, 0.717) is 6.07 Å². The molecule has 0 saturated carbocycles. The number of benzene rings is 1. The molecule has 1 rings (SSSR count). The number of hydrogen-bond acceptors (Lipinski definition) is 2. The van der Waals surface area contributed by atoms with E-state index in [2.05, 4.69) is 10.1 Å². The Bertz CT molecular complexity index is 394. The number of ether oxygens (including phenoxy) is 1. The van der Waals surface area contributed by atoms with Crippen LogP contribution in [0.25, 0.3) is 0 Å². The molecule has 0 spiro atoms. The third-order valence-corrected chi connectivity index (χ3v) is 2.24. The van der Waals surface area contributed by atoms with Gasteiger partial charge in [-0.05, 0) is 13.1 Å². The largest absolute Gasteiger partial charge is 0.411 e. The number of halogens is 5. The first kappa shape index (κ1) is 14.8. The third kappa shape index (κ3) is 4.58. The molecule has 0 aliphatic carbocycles. The van der Waals surface area contributed by atoms with Crippen LogP contribution in [0, 0.1) is 11.6 Å². The van der Waals surface area contributed by atoms with Crippen LogP contribution >= 0.6 is 0 Å². The minimum atomic E-state index is -4.43. The molecule has 0 saturated heterocycles. The van der Waals surface area contributed by atoms with E-state index in [0.717, 1.165) is 6.07 Å². The van der Waals surface area contributed by atoms with Crippen LogP contribution in [0.4, 0.5) is 22.0 Å². The van der Waals surface area contributed by atoms with Gasteiger partial charge in [0.05, 0.1) is 12.6 Å². The van der Waals surface area contributed by atoms with Gasteiger partial charge in [0.25, 0.3) is 0 Å². The summed E-state index contributed by atoms with van der Waals surface area (Å²) in [4.78, 5) is 0. The number of rotatable bonds is 5. The van der Waals surface area contributed by atoms with E-state index in [1.165, 1.54) is 13.1 Å². The molecule has 1 N–H and O–H groups in total. The molecule has 0 heterocycles. The Morgan fingerprint density at radius 3 is 2.44 bits per heavy atom. The first-order valence-corrected chi connectivity index (χ1v) is 5.10. The highest BCUT2D eigenvalue weighted by Gasteiger charge is 2.28. The second kappa shape index (κ2) is 6.10. The van der Waals surface area contributed by atoms with Crippen molar-refractivity contribution in [1.82, 2.24) is 5.32 Å². The number of likely N-dealkylation sites (N-methyl/N-ethyl adjacent to an activating group) is 1. The predicted octanol–water partition coefficient (Wildman–Crippen LogP) is 2.80. The fourth-order valence-electron chi connectivity index (χ4n) is 1.41. The van der Waals surface area contributed by atoms with Crippen LogP contribution in [0.1, 0.15) is 11.6 Å². The van der Waals surface area contributed by atoms with E-state index < -0.39 is 30.5 Å². The summed E-state index contributed by atoms with van der Waals surface area (Å²) in [5.74, 6) is -1.58. The van der Waals surface area contributed by atoms with Gasteiger partial charge in [0.15, 0.2) is 0 Å². The van der Waals surface area contributed by atoms with Gasteiger partial charge in [-0.3, -0.25) is 0 Å². The van der Waals surface area contributed by atoms with E-state index in [1.54, 1.807) is 0 Å². The van der Waals surface area contributed by atoms with Crippen LogP contribution in [-0.4, -0.2) is 26.4 Å². The summed E-state index contributed by atoms with van der Waals surface area (Å²) in [5, 5.41) is 2.61. The molecule has 2 nitrogen and oxygen atoms in total. The molecule has 0 aliphatic rings. The summed E-state index contributed by atoms with van der Waals surface area (Å²) in [6.45, 7) is -1.77. The lowest BCUT2D eigenvalue weighted by Crippen LogP contribution is -2.26. The monoisotopic (exact) mass is 269 g/mol. The standard InChI is InChI=1S/C11H12F5NO/c1-17-10(5-18-6-11(14,15)16)8-3-2-7(12)4-9(8)13/h2-4,10,17H,5-6H2,1H3. The van der Waals surface area contributed by atoms with Gasteiger partial charge in [-0.1, -0.05) is 6.07 Å². The molecular formula is C11H12F5NO. The van der Waals surface area contributed by atoms with Crippen molar-refractivity contribution in [1.29, 1.82) is 0 Å². The van der Waals surface area contributed by atoms with Crippen molar-refractivity contribution < 1.29 is 26.7 Å². The van der Waals surface area contributed by atoms with Crippen molar-refractivity contribution in [2.24, 2.45) is 0 Å². The maximum Gasteiger partial charge on any atom is 0.411 e. The third-order valence-electron chi connectivity index (χ3n) is 2.24. The maximum absolute atomic E-state index is 13.4. The molecule has 1 aromatic carbocycles. The van der Waals surface area contributed by atoms with Gasteiger partial charge in [0.1, 0.15) is 18.2 Å².